The SMILES string of the molecule is CC(C)(C)OC(=O)NCCCCN(CCCCNCc1ccc(C(C)(C)C)c(CNCCCCN(CCCCNC(=O)OC(C)(C)C)C(=O)O)c1C(C)(C)C)C(=O)O. The quantitative estimate of drug-likeness (QED) is 0.0553. The third-order valence-corrected chi connectivity index (χ3v) is 9.22. The Morgan fingerprint density at radius 2 is 0.914 bits per heavy atom. The summed E-state index contributed by atoms with van der Waals surface area (Å²) < 4.78 is 10.5. The minimum Gasteiger partial charge on any atom is -0.465 e. The Bertz CT molecular complexity index is 1410. The maximum Gasteiger partial charge on any atom is 0.407 e. The number of alkyl carbamates (subject to hydrolysis) is 2. The van der Waals surface area contributed by atoms with Crippen LogP contribution in [0, 0.1) is 0 Å². The minimum absolute atomic E-state index is 0.0575. The van der Waals surface area contributed by atoms with Crippen molar-refractivity contribution in [2.45, 2.75) is 170 Å². The zero-order valence-corrected chi connectivity index (χ0v) is 38.1. The molecule has 334 valence electrons. The van der Waals surface area contributed by atoms with Crippen molar-refractivity contribution in [1.82, 2.24) is 31.1 Å². The average Bonchev–Trinajstić information content (AvgIpc) is 3.06. The summed E-state index contributed by atoms with van der Waals surface area (Å²) in [4.78, 5) is 50.3. The molecule has 0 aliphatic carbocycles. The van der Waals surface area contributed by atoms with E-state index < -0.39 is 35.6 Å². The van der Waals surface area contributed by atoms with Gasteiger partial charge in [-0.1, -0.05) is 53.7 Å². The Hall–Kier alpha value is -3.78. The van der Waals surface area contributed by atoms with Crippen LogP contribution in [0.15, 0.2) is 12.1 Å². The highest BCUT2D eigenvalue weighted by atomic mass is 16.6. The van der Waals surface area contributed by atoms with Crippen LogP contribution in [0.1, 0.15) is 157 Å². The Morgan fingerprint density at radius 3 is 1.26 bits per heavy atom. The first-order valence-corrected chi connectivity index (χ1v) is 21.3. The fourth-order valence-corrected chi connectivity index (χ4v) is 6.68. The fraction of sp³-hybridized carbons (Fsp3) is 0.773. The van der Waals surface area contributed by atoms with Crippen LogP contribution in [-0.2, 0) is 33.4 Å². The number of nitrogens with zero attached hydrogens (tertiary/aromatic N) is 2. The molecule has 0 aromatic heterocycles. The van der Waals surface area contributed by atoms with E-state index in [1.54, 1.807) is 0 Å². The molecule has 0 heterocycles. The Kier molecular flexibility index (Phi) is 22.5. The van der Waals surface area contributed by atoms with Crippen LogP contribution in [0.5, 0.6) is 0 Å². The Labute approximate surface area is 349 Å². The lowest BCUT2D eigenvalue weighted by Gasteiger charge is -2.33. The molecule has 1 aromatic rings. The van der Waals surface area contributed by atoms with Gasteiger partial charge >= 0.3 is 24.4 Å². The molecule has 1 aromatic carbocycles. The topological polar surface area (TPSA) is 182 Å². The molecular weight excluding hydrogens is 741 g/mol. The van der Waals surface area contributed by atoms with Gasteiger partial charge in [0.2, 0.25) is 0 Å². The lowest BCUT2D eigenvalue weighted by atomic mass is 9.74. The summed E-state index contributed by atoms with van der Waals surface area (Å²) in [6.45, 7) is 29.9. The van der Waals surface area contributed by atoms with Crippen molar-refractivity contribution < 1.29 is 38.9 Å². The molecule has 14 heteroatoms. The largest absolute Gasteiger partial charge is 0.465 e. The van der Waals surface area contributed by atoms with Crippen LogP contribution in [0.3, 0.4) is 0 Å². The van der Waals surface area contributed by atoms with Crippen LogP contribution in [0.2, 0.25) is 0 Å². The maximum atomic E-state index is 11.9. The van der Waals surface area contributed by atoms with Crippen molar-refractivity contribution >= 4 is 24.4 Å². The molecule has 0 saturated carbocycles. The number of benzene rings is 1. The van der Waals surface area contributed by atoms with Gasteiger partial charge in [-0.3, -0.25) is 0 Å². The van der Waals surface area contributed by atoms with Crippen molar-refractivity contribution in [3.63, 3.8) is 0 Å². The van der Waals surface area contributed by atoms with E-state index in [0.29, 0.717) is 78.0 Å². The molecule has 0 bridgehead atoms. The van der Waals surface area contributed by atoms with Crippen molar-refractivity contribution in [3.8, 4) is 0 Å². The standard InChI is InChI=1S/C44H80N6O8/c1-41(2,3)35-22-21-33(31-45-23-13-17-27-49(39(53)54)29-19-15-25-47-37(51)57-43(7,8)9)36(42(4,5)6)34(35)32-46-24-14-18-28-50(40(55)56)30-20-16-26-48-38(52)58-44(10,11)12/h21-22,45-46H,13-20,23-32H2,1-12H3,(H,47,51)(H,48,52)(H,53,54)(H,55,56). The molecule has 4 amide bonds. The molecule has 1 rings (SSSR count). The summed E-state index contributed by atoms with van der Waals surface area (Å²) in [6.07, 6.45) is 3.02. The summed E-state index contributed by atoms with van der Waals surface area (Å²) in [5.41, 5.74) is 3.92. The van der Waals surface area contributed by atoms with Crippen molar-refractivity contribution in [2.75, 3.05) is 52.4 Å². The average molecular weight is 821 g/mol. The number of carboxylic acid groups (broad SMARTS) is 2. The van der Waals surface area contributed by atoms with Gasteiger partial charge in [0.05, 0.1) is 0 Å². The molecule has 58 heavy (non-hydrogen) atoms. The van der Waals surface area contributed by atoms with Gasteiger partial charge in [-0.15, -0.1) is 0 Å². The first kappa shape index (κ1) is 52.2. The second kappa shape index (κ2) is 25.0. The first-order chi connectivity index (χ1) is 26.8. The van der Waals surface area contributed by atoms with E-state index in [2.05, 4.69) is 74.9 Å². The van der Waals surface area contributed by atoms with Gasteiger partial charge in [-0.05, 0) is 139 Å². The summed E-state index contributed by atoms with van der Waals surface area (Å²) in [5.74, 6) is 0. The first-order valence-electron chi connectivity index (χ1n) is 21.3. The highest BCUT2D eigenvalue weighted by Crippen LogP contribution is 2.36. The second-order valence-corrected chi connectivity index (χ2v) is 19.2. The third-order valence-electron chi connectivity index (χ3n) is 9.22. The molecule has 0 aliphatic rings. The monoisotopic (exact) mass is 821 g/mol. The predicted octanol–water partition coefficient (Wildman–Crippen LogP) is 8.59. The van der Waals surface area contributed by atoms with E-state index in [1.807, 2.05) is 41.5 Å². The van der Waals surface area contributed by atoms with Crippen molar-refractivity contribution in [3.05, 3.63) is 34.4 Å². The summed E-state index contributed by atoms with van der Waals surface area (Å²) in [7, 11) is 0. The molecule has 0 radical (unpaired) electrons. The molecule has 0 saturated heterocycles. The lowest BCUT2D eigenvalue weighted by Crippen LogP contribution is -2.34. The van der Waals surface area contributed by atoms with Crippen LogP contribution in [0.25, 0.3) is 0 Å². The minimum atomic E-state index is -0.927. The molecule has 0 atom stereocenters. The van der Waals surface area contributed by atoms with E-state index in [-0.39, 0.29) is 10.8 Å². The summed E-state index contributed by atoms with van der Waals surface area (Å²) >= 11 is 0. The molecular formula is C44H80N6O8. The molecule has 14 nitrogen and oxygen atoms in total. The highest BCUT2D eigenvalue weighted by molar-refractivity contribution is 5.68. The van der Waals surface area contributed by atoms with Crippen LogP contribution in [0.4, 0.5) is 19.2 Å². The van der Waals surface area contributed by atoms with Gasteiger partial charge in [-0.2, -0.15) is 0 Å². The number of carbonyl (C=O) groups is 4. The third kappa shape index (κ3) is 23.0. The lowest BCUT2D eigenvalue weighted by molar-refractivity contribution is 0.0515. The number of rotatable bonds is 24. The van der Waals surface area contributed by atoms with Crippen LogP contribution >= 0.6 is 0 Å². The van der Waals surface area contributed by atoms with Gasteiger partial charge in [0.25, 0.3) is 0 Å². The smallest absolute Gasteiger partial charge is 0.407 e. The van der Waals surface area contributed by atoms with E-state index in [9.17, 15) is 29.4 Å². The normalized spacial score (nSPS) is 12.2. The number of hydrogen-bond donors (Lipinski definition) is 6. The highest BCUT2D eigenvalue weighted by Gasteiger charge is 2.28. The van der Waals surface area contributed by atoms with E-state index in [4.69, 9.17) is 9.47 Å². The van der Waals surface area contributed by atoms with E-state index >= 15 is 0 Å². The molecule has 6 N–H and O–H groups in total. The Balaban J connectivity index is 2.67. The second-order valence-electron chi connectivity index (χ2n) is 19.2. The van der Waals surface area contributed by atoms with Crippen molar-refractivity contribution in [2.24, 2.45) is 0 Å². The fourth-order valence-electron chi connectivity index (χ4n) is 6.68. The Morgan fingerprint density at radius 1 is 0.534 bits per heavy atom. The van der Waals surface area contributed by atoms with Gasteiger partial charge in [0, 0.05) is 52.4 Å². The van der Waals surface area contributed by atoms with Gasteiger partial charge in [-0.25, -0.2) is 19.2 Å². The zero-order valence-electron chi connectivity index (χ0n) is 38.1. The van der Waals surface area contributed by atoms with Crippen molar-refractivity contribution in [1.29, 1.82) is 0 Å². The van der Waals surface area contributed by atoms with Crippen LogP contribution < -0.4 is 21.3 Å². The number of ether oxygens (including phenoxy) is 2. The number of hydrogen-bond acceptors (Lipinski definition) is 8. The number of unbranched alkanes of at least 4 members (excludes halogenated alkanes) is 4. The predicted molar refractivity (Wildman–Crippen MR) is 232 cm³/mol. The van der Waals surface area contributed by atoms with E-state index in [1.165, 1.54) is 32.1 Å². The van der Waals surface area contributed by atoms with Gasteiger partial charge in [0.15, 0.2) is 0 Å². The zero-order chi connectivity index (χ0) is 44.2. The molecule has 0 aliphatic heterocycles. The van der Waals surface area contributed by atoms with Gasteiger partial charge in [0.1, 0.15) is 11.2 Å². The summed E-state index contributed by atoms with van der Waals surface area (Å²) in [5, 5.41) is 32.2. The summed E-state index contributed by atoms with van der Waals surface area (Å²) in [6, 6.07) is 4.50. The molecule has 0 unspecified atom stereocenters. The maximum absolute atomic E-state index is 11.9. The number of amides is 4. The van der Waals surface area contributed by atoms with Crippen LogP contribution in [-0.4, -0.2) is 108 Å². The van der Waals surface area contributed by atoms with E-state index in [0.717, 1.165) is 38.8 Å². The number of nitrogens with one attached hydrogen (secondary N) is 4. The van der Waals surface area contributed by atoms with Gasteiger partial charge < -0.3 is 50.8 Å². The number of carbonyl (C=O) groups excluding carboxylic acids is 2. The molecule has 0 spiro atoms. The molecule has 0 fully saturated rings.